The van der Waals surface area contributed by atoms with Gasteiger partial charge in [-0.25, -0.2) is 0 Å². The normalized spacial score (nSPS) is 40.0. The van der Waals surface area contributed by atoms with Crippen LogP contribution in [0.5, 0.6) is 0 Å². The molecule has 2 nitrogen and oxygen atoms in total. The molecule has 3 fully saturated rings. The molecule has 0 aromatic rings. The zero-order chi connectivity index (χ0) is 12.6. The fourth-order valence-corrected chi connectivity index (χ4v) is 4.17. The first-order valence-electron chi connectivity index (χ1n) is 8.21. The van der Waals surface area contributed by atoms with Gasteiger partial charge in [-0.15, -0.1) is 0 Å². The molecular formula is C16H30N2. The van der Waals surface area contributed by atoms with Crippen LogP contribution in [0.1, 0.15) is 58.8 Å². The van der Waals surface area contributed by atoms with E-state index in [0.717, 1.165) is 17.9 Å². The Balaban J connectivity index is 1.63. The molecular weight excluding hydrogens is 220 g/mol. The Bertz CT molecular complexity index is 283. The van der Waals surface area contributed by atoms with Crippen molar-refractivity contribution in [2.75, 3.05) is 19.6 Å². The molecule has 2 saturated carbocycles. The first kappa shape index (κ1) is 12.9. The molecule has 3 aliphatic rings. The Morgan fingerprint density at radius 2 is 1.94 bits per heavy atom. The van der Waals surface area contributed by atoms with E-state index in [1.54, 1.807) is 0 Å². The summed E-state index contributed by atoms with van der Waals surface area (Å²) in [7, 11) is 0. The van der Waals surface area contributed by atoms with Crippen LogP contribution >= 0.6 is 0 Å². The van der Waals surface area contributed by atoms with E-state index in [1.165, 1.54) is 64.6 Å². The predicted molar refractivity (Wildman–Crippen MR) is 76.7 cm³/mol. The first-order chi connectivity index (χ1) is 8.72. The van der Waals surface area contributed by atoms with Crippen molar-refractivity contribution in [1.29, 1.82) is 0 Å². The molecule has 18 heavy (non-hydrogen) atoms. The molecule has 104 valence electrons. The summed E-state index contributed by atoms with van der Waals surface area (Å²) in [4.78, 5) is 2.84. The Morgan fingerprint density at radius 3 is 2.56 bits per heavy atom. The largest absolute Gasteiger partial charge is 0.308 e. The number of hydrogen-bond donors (Lipinski definition) is 1. The maximum absolute atomic E-state index is 3.93. The molecule has 0 aromatic heterocycles. The van der Waals surface area contributed by atoms with Crippen LogP contribution in [0, 0.1) is 11.8 Å². The molecule has 2 aliphatic carbocycles. The van der Waals surface area contributed by atoms with Crippen LogP contribution in [-0.4, -0.2) is 36.1 Å². The Labute approximate surface area is 113 Å². The number of hydrogen-bond acceptors (Lipinski definition) is 2. The van der Waals surface area contributed by atoms with Crippen LogP contribution < -0.4 is 5.32 Å². The number of piperazine rings is 1. The lowest BCUT2D eigenvalue weighted by Gasteiger charge is -2.50. The summed E-state index contributed by atoms with van der Waals surface area (Å²) in [5, 5.41) is 3.93. The molecule has 1 saturated heterocycles. The van der Waals surface area contributed by atoms with E-state index in [-0.39, 0.29) is 0 Å². The number of rotatable bonds is 3. The number of nitrogens with zero attached hydrogens (tertiary/aromatic N) is 1. The average Bonchev–Trinajstić information content (AvgIpc) is 3.06. The monoisotopic (exact) mass is 250 g/mol. The number of nitrogens with one attached hydrogen (secondary N) is 1. The predicted octanol–water partition coefficient (Wildman–Crippen LogP) is 3.03. The summed E-state index contributed by atoms with van der Waals surface area (Å²) in [5.41, 5.74) is 0.488. The summed E-state index contributed by atoms with van der Waals surface area (Å²) >= 11 is 0. The van der Waals surface area contributed by atoms with Gasteiger partial charge in [-0.3, -0.25) is 4.90 Å². The van der Waals surface area contributed by atoms with Crippen molar-refractivity contribution in [2.24, 2.45) is 11.8 Å². The standard InChI is InChI=1S/C16H30N2/c1-3-15-10-17-16(7-5-4-6-8-16)12-18(15)11-14-9-13(14)2/h13-15,17H,3-12H2,1-2H3. The third-order valence-electron chi connectivity index (χ3n) is 5.76. The second kappa shape index (κ2) is 5.13. The lowest BCUT2D eigenvalue weighted by Crippen LogP contribution is -2.64. The summed E-state index contributed by atoms with van der Waals surface area (Å²) in [6.45, 7) is 8.72. The van der Waals surface area contributed by atoms with E-state index in [9.17, 15) is 0 Å². The fourth-order valence-electron chi connectivity index (χ4n) is 4.17. The van der Waals surface area contributed by atoms with Crippen molar-refractivity contribution in [1.82, 2.24) is 10.2 Å². The van der Waals surface area contributed by atoms with Crippen molar-refractivity contribution in [2.45, 2.75) is 70.4 Å². The third kappa shape index (κ3) is 2.60. The SMILES string of the molecule is CCC1CNC2(CCCCC2)CN1CC1CC1C. The molecule has 3 rings (SSSR count). The van der Waals surface area contributed by atoms with E-state index >= 15 is 0 Å². The van der Waals surface area contributed by atoms with Crippen molar-refractivity contribution in [3.8, 4) is 0 Å². The maximum atomic E-state index is 3.93. The zero-order valence-electron chi connectivity index (χ0n) is 12.3. The van der Waals surface area contributed by atoms with E-state index < -0.39 is 0 Å². The Kier molecular flexibility index (Phi) is 3.68. The average molecular weight is 250 g/mol. The molecule has 1 spiro atoms. The topological polar surface area (TPSA) is 15.3 Å². The van der Waals surface area contributed by atoms with E-state index in [2.05, 4.69) is 24.1 Å². The Morgan fingerprint density at radius 1 is 1.22 bits per heavy atom. The van der Waals surface area contributed by atoms with Gasteiger partial charge < -0.3 is 5.32 Å². The van der Waals surface area contributed by atoms with Crippen LogP contribution in [-0.2, 0) is 0 Å². The van der Waals surface area contributed by atoms with Gasteiger partial charge in [-0.2, -0.15) is 0 Å². The second-order valence-corrected chi connectivity index (χ2v) is 7.19. The summed E-state index contributed by atoms with van der Waals surface area (Å²) in [6.07, 6.45) is 9.97. The minimum absolute atomic E-state index is 0.488. The molecule has 1 heterocycles. The molecule has 0 amide bonds. The minimum atomic E-state index is 0.488. The molecule has 0 bridgehead atoms. The van der Waals surface area contributed by atoms with Gasteiger partial charge in [-0.05, 0) is 37.5 Å². The van der Waals surface area contributed by atoms with Gasteiger partial charge in [-0.1, -0.05) is 33.1 Å². The lowest BCUT2D eigenvalue weighted by atomic mass is 9.79. The minimum Gasteiger partial charge on any atom is -0.308 e. The van der Waals surface area contributed by atoms with Crippen molar-refractivity contribution in [3.05, 3.63) is 0 Å². The molecule has 3 atom stereocenters. The van der Waals surface area contributed by atoms with Crippen LogP contribution in [0.2, 0.25) is 0 Å². The summed E-state index contributed by atoms with van der Waals surface area (Å²) in [6, 6.07) is 0.797. The van der Waals surface area contributed by atoms with Gasteiger partial charge in [0.15, 0.2) is 0 Å². The van der Waals surface area contributed by atoms with Gasteiger partial charge in [0.05, 0.1) is 0 Å². The quantitative estimate of drug-likeness (QED) is 0.828. The highest BCUT2D eigenvalue weighted by molar-refractivity contribution is 5.01. The van der Waals surface area contributed by atoms with Crippen LogP contribution in [0.3, 0.4) is 0 Å². The highest BCUT2D eigenvalue weighted by Gasteiger charge is 2.42. The van der Waals surface area contributed by atoms with E-state index in [1.807, 2.05) is 0 Å². The van der Waals surface area contributed by atoms with Gasteiger partial charge in [0.25, 0.3) is 0 Å². The maximum Gasteiger partial charge on any atom is 0.0309 e. The van der Waals surface area contributed by atoms with Gasteiger partial charge in [0.2, 0.25) is 0 Å². The smallest absolute Gasteiger partial charge is 0.0309 e. The van der Waals surface area contributed by atoms with Gasteiger partial charge in [0.1, 0.15) is 0 Å². The first-order valence-corrected chi connectivity index (χ1v) is 8.21. The molecule has 0 aromatic carbocycles. The molecule has 3 unspecified atom stereocenters. The zero-order valence-corrected chi connectivity index (χ0v) is 12.3. The Hall–Kier alpha value is -0.0800. The molecule has 0 radical (unpaired) electrons. The second-order valence-electron chi connectivity index (χ2n) is 7.19. The molecule has 2 heteroatoms. The van der Waals surface area contributed by atoms with Gasteiger partial charge in [0, 0.05) is 31.2 Å². The van der Waals surface area contributed by atoms with E-state index in [0.29, 0.717) is 5.54 Å². The molecule has 1 aliphatic heterocycles. The fraction of sp³-hybridized carbons (Fsp3) is 1.00. The van der Waals surface area contributed by atoms with Crippen LogP contribution in [0.15, 0.2) is 0 Å². The summed E-state index contributed by atoms with van der Waals surface area (Å²) in [5.74, 6) is 2.01. The highest BCUT2D eigenvalue weighted by Crippen LogP contribution is 2.40. The highest BCUT2D eigenvalue weighted by atomic mass is 15.3. The van der Waals surface area contributed by atoms with Crippen LogP contribution in [0.4, 0.5) is 0 Å². The van der Waals surface area contributed by atoms with Gasteiger partial charge >= 0.3 is 0 Å². The third-order valence-corrected chi connectivity index (χ3v) is 5.76. The summed E-state index contributed by atoms with van der Waals surface area (Å²) < 4.78 is 0. The van der Waals surface area contributed by atoms with Crippen molar-refractivity contribution in [3.63, 3.8) is 0 Å². The van der Waals surface area contributed by atoms with Crippen molar-refractivity contribution >= 4 is 0 Å². The molecule has 1 N–H and O–H groups in total. The van der Waals surface area contributed by atoms with Crippen molar-refractivity contribution < 1.29 is 0 Å². The van der Waals surface area contributed by atoms with Crippen LogP contribution in [0.25, 0.3) is 0 Å². The lowest BCUT2D eigenvalue weighted by molar-refractivity contribution is 0.0498. The van der Waals surface area contributed by atoms with E-state index in [4.69, 9.17) is 0 Å².